The lowest BCUT2D eigenvalue weighted by atomic mass is 9.99. The summed E-state index contributed by atoms with van der Waals surface area (Å²) in [6, 6.07) is 0. The van der Waals surface area contributed by atoms with Crippen LogP contribution in [0.5, 0.6) is 0 Å². The van der Waals surface area contributed by atoms with Crippen LogP contribution >= 0.6 is 0 Å². The normalized spacial score (nSPS) is 16.8. The topological polar surface area (TPSA) is 0 Å². The van der Waals surface area contributed by atoms with Crippen molar-refractivity contribution in [2.75, 3.05) is 0 Å². The fraction of sp³-hybridized carbons (Fsp3) is 1.00. The van der Waals surface area contributed by atoms with Crippen molar-refractivity contribution in [3.05, 3.63) is 0 Å². The van der Waals surface area contributed by atoms with E-state index in [9.17, 15) is 0 Å². The van der Waals surface area contributed by atoms with Crippen molar-refractivity contribution in [3.63, 3.8) is 0 Å². The molecule has 1 saturated carbocycles. The zero-order valence-corrected chi connectivity index (χ0v) is 12.2. The van der Waals surface area contributed by atoms with Crippen LogP contribution < -0.4 is 0 Å². The molecule has 0 aromatic carbocycles. The highest BCUT2D eigenvalue weighted by molar-refractivity contribution is 4.66. The van der Waals surface area contributed by atoms with E-state index in [0.29, 0.717) is 0 Å². The molecule has 0 amide bonds. The van der Waals surface area contributed by atoms with E-state index in [2.05, 4.69) is 6.92 Å². The van der Waals surface area contributed by atoms with Gasteiger partial charge >= 0.3 is 0 Å². The third-order valence-corrected chi connectivity index (χ3v) is 4.44. The Morgan fingerprint density at radius 2 is 1.12 bits per heavy atom. The summed E-state index contributed by atoms with van der Waals surface area (Å²) in [5, 5.41) is 0. The predicted molar refractivity (Wildman–Crippen MR) is 78.4 cm³/mol. The van der Waals surface area contributed by atoms with Gasteiger partial charge < -0.3 is 0 Å². The van der Waals surface area contributed by atoms with Crippen molar-refractivity contribution in [3.8, 4) is 0 Å². The van der Waals surface area contributed by atoms with Crippen LogP contribution in [0.4, 0.5) is 0 Å². The molecular formula is C17H34. The van der Waals surface area contributed by atoms with E-state index in [1.54, 1.807) is 0 Å². The molecule has 0 saturated heterocycles. The number of rotatable bonds is 11. The molecule has 1 rings (SSSR count). The zero-order valence-electron chi connectivity index (χ0n) is 12.2. The van der Waals surface area contributed by atoms with Crippen LogP contribution in [0.2, 0.25) is 0 Å². The quantitative estimate of drug-likeness (QED) is 0.361. The molecule has 0 aromatic heterocycles. The third-order valence-electron chi connectivity index (χ3n) is 4.44. The second-order valence-corrected chi connectivity index (χ2v) is 6.12. The molecular weight excluding hydrogens is 204 g/mol. The molecule has 0 aromatic rings. The molecule has 0 N–H and O–H groups in total. The van der Waals surface area contributed by atoms with E-state index in [1.807, 2.05) is 0 Å². The third kappa shape index (κ3) is 8.69. The van der Waals surface area contributed by atoms with E-state index in [-0.39, 0.29) is 0 Å². The van der Waals surface area contributed by atoms with Crippen LogP contribution in [-0.2, 0) is 0 Å². The van der Waals surface area contributed by atoms with E-state index in [1.165, 1.54) is 96.3 Å². The van der Waals surface area contributed by atoms with Gasteiger partial charge in [-0.1, -0.05) is 103 Å². The molecule has 0 heteroatoms. The van der Waals surface area contributed by atoms with Gasteiger partial charge in [0.25, 0.3) is 0 Å². The van der Waals surface area contributed by atoms with Crippen molar-refractivity contribution in [1.29, 1.82) is 0 Å². The summed E-state index contributed by atoms with van der Waals surface area (Å²) in [5.74, 6) is 1.11. The highest BCUT2D eigenvalue weighted by atomic mass is 14.2. The van der Waals surface area contributed by atoms with Crippen molar-refractivity contribution in [2.45, 2.75) is 103 Å². The van der Waals surface area contributed by atoms with Crippen LogP contribution in [0.3, 0.4) is 0 Å². The van der Waals surface area contributed by atoms with E-state index in [4.69, 9.17) is 0 Å². The molecule has 1 fully saturated rings. The number of unbranched alkanes of at least 4 members (excludes halogenated alkanes) is 9. The molecule has 1 aliphatic rings. The van der Waals surface area contributed by atoms with Gasteiger partial charge in [0.2, 0.25) is 0 Å². The van der Waals surface area contributed by atoms with Gasteiger partial charge in [-0.3, -0.25) is 0 Å². The molecule has 0 radical (unpaired) electrons. The molecule has 17 heavy (non-hydrogen) atoms. The monoisotopic (exact) mass is 238 g/mol. The van der Waals surface area contributed by atoms with Crippen molar-refractivity contribution < 1.29 is 0 Å². The fourth-order valence-corrected chi connectivity index (χ4v) is 3.22. The maximum absolute atomic E-state index is 2.30. The zero-order chi connectivity index (χ0) is 12.2. The SMILES string of the molecule is CCCCCCCCCCCCC1CCCC1. The summed E-state index contributed by atoms with van der Waals surface area (Å²) in [6.45, 7) is 2.30. The Labute approximate surface area is 110 Å². The molecule has 0 spiro atoms. The van der Waals surface area contributed by atoms with Crippen LogP contribution in [0, 0.1) is 5.92 Å². The minimum Gasteiger partial charge on any atom is -0.0654 e. The Balaban J connectivity index is 1.69. The van der Waals surface area contributed by atoms with Gasteiger partial charge in [-0.25, -0.2) is 0 Å². The molecule has 0 nitrogen and oxygen atoms in total. The Hall–Kier alpha value is 0. The van der Waals surface area contributed by atoms with Crippen LogP contribution in [-0.4, -0.2) is 0 Å². The van der Waals surface area contributed by atoms with Gasteiger partial charge in [0.05, 0.1) is 0 Å². The van der Waals surface area contributed by atoms with Crippen LogP contribution in [0.15, 0.2) is 0 Å². The fourth-order valence-electron chi connectivity index (χ4n) is 3.22. The Morgan fingerprint density at radius 3 is 1.65 bits per heavy atom. The lowest BCUT2D eigenvalue weighted by molar-refractivity contribution is 0.460. The van der Waals surface area contributed by atoms with E-state index >= 15 is 0 Å². The molecule has 0 atom stereocenters. The molecule has 0 bridgehead atoms. The molecule has 0 unspecified atom stereocenters. The predicted octanol–water partition coefficient (Wildman–Crippen LogP) is 6.49. The van der Waals surface area contributed by atoms with Gasteiger partial charge in [0, 0.05) is 0 Å². The minimum absolute atomic E-state index is 1.11. The average Bonchev–Trinajstić information content (AvgIpc) is 2.85. The van der Waals surface area contributed by atoms with E-state index in [0.717, 1.165) is 5.92 Å². The van der Waals surface area contributed by atoms with Gasteiger partial charge in [-0.15, -0.1) is 0 Å². The lowest BCUT2D eigenvalue weighted by Crippen LogP contribution is -1.92. The number of hydrogen-bond acceptors (Lipinski definition) is 0. The summed E-state index contributed by atoms with van der Waals surface area (Å²) in [5.41, 5.74) is 0. The molecule has 0 heterocycles. The van der Waals surface area contributed by atoms with Crippen molar-refractivity contribution in [1.82, 2.24) is 0 Å². The Bertz CT molecular complexity index is 144. The highest BCUT2D eigenvalue weighted by Gasteiger charge is 2.13. The maximum atomic E-state index is 2.30. The van der Waals surface area contributed by atoms with Crippen LogP contribution in [0.1, 0.15) is 103 Å². The summed E-state index contributed by atoms with van der Waals surface area (Å²) >= 11 is 0. The maximum Gasteiger partial charge on any atom is -0.0414 e. The summed E-state index contributed by atoms with van der Waals surface area (Å²) in [6.07, 6.45) is 22.4. The summed E-state index contributed by atoms with van der Waals surface area (Å²) in [4.78, 5) is 0. The molecule has 0 aliphatic heterocycles. The first-order chi connectivity index (χ1) is 8.43. The highest BCUT2D eigenvalue weighted by Crippen LogP contribution is 2.29. The van der Waals surface area contributed by atoms with Crippen LogP contribution in [0.25, 0.3) is 0 Å². The molecule has 102 valence electrons. The summed E-state index contributed by atoms with van der Waals surface area (Å²) in [7, 11) is 0. The van der Waals surface area contributed by atoms with E-state index < -0.39 is 0 Å². The second kappa shape index (κ2) is 11.1. The first-order valence-electron chi connectivity index (χ1n) is 8.43. The van der Waals surface area contributed by atoms with Gasteiger partial charge in [-0.2, -0.15) is 0 Å². The lowest BCUT2D eigenvalue weighted by Gasteiger charge is -2.07. The first-order valence-corrected chi connectivity index (χ1v) is 8.43. The average molecular weight is 238 g/mol. The largest absolute Gasteiger partial charge is 0.0654 e. The minimum atomic E-state index is 1.11. The standard InChI is InChI=1S/C17H34/c1-2-3-4-5-6-7-8-9-10-11-14-17-15-12-13-16-17/h17H,2-16H2,1H3. The smallest absolute Gasteiger partial charge is 0.0414 e. The van der Waals surface area contributed by atoms with Crippen molar-refractivity contribution in [2.24, 2.45) is 5.92 Å². The van der Waals surface area contributed by atoms with Gasteiger partial charge in [-0.05, 0) is 5.92 Å². The summed E-state index contributed by atoms with van der Waals surface area (Å²) < 4.78 is 0. The Morgan fingerprint density at radius 1 is 0.647 bits per heavy atom. The number of hydrogen-bond donors (Lipinski definition) is 0. The van der Waals surface area contributed by atoms with Gasteiger partial charge in [0.1, 0.15) is 0 Å². The Kier molecular flexibility index (Phi) is 9.84. The molecule has 1 aliphatic carbocycles. The van der Waals surface area contributed by atoms with Crippen molar-refractivity contribution >= 4 is 0 Å². The second-order valence-electron chi connectivity index (χ2n) is 6.12. The first kappa shape index (κ1) is 15.1. The van der Waals surface area contributed by atoms with Gasteiger partial charge in [0.15, 0.2) is 0 Å².